The van der Waals surface area contributed by atoms with Crippen LogP contribution in [0.2, 0.25) is 0 Å². The second kappa shape index (κ2) is 4.96. The third-order valence-electron chi connectivity index (χ3n) is 1.68. The van der Waals surface area contributed by atoms with Crippen molar-refractivity contribution in [3.05, 3.63) is 21.9 Å². The predicted molar refractivity (Wildman–Crippen MR) is 50.9 cm³/mol. The fourth-order valence-corrected chi connectivity index (χ4v) is 1.77. The SMILES string of the molecule is Cc1cc(C(O)COCC(F)(F)F)cs1. The molecule has 15 heavy (non-hydrogen) atoms. The van der Waals surface area contributed by atoms with Crippen molar-refractivity contribution in [3.63, 3.8) is 0 Å². The summed E-state index contributed by atoms with van der Waals surface area (Å²) in [5.74, 6) is 0. The molecule has 1 atom stereocenters. The van der Waals surface area contributed by atoms with E-state index in [9.17, 15) is 18.3 Å². The van der Waals surface area contributed by atoms with Crippen molar-refractivity contribution >= 4 is 11.3 Å². The summed E-state index contributed by atoms with van der Waals surface area (Å²) in [6.45, 7) is 0.195. The number of aliphatic hydroxyl groups excluding tert-OH is 1. The predicted octanol–water partition coefficient (Wildman–Crippen LogP) is 2.67. The fraction of sp³-hybridized carbons (Fsp3) is 0.556. The lowest BCUT2D eigenvalue weighted by molar-refractivity contribution is -0.179. The fourth-order valence-electron chi connectivity index (χ4n) is 1.02. The van der Waals surface area contributed by atoms with Crippen molar-refractivity contribution in [1.29, 1.82) is 0 Å². The maximum Gasteiger partial charge on any atom is 0.411 e. The number of aryl methyl sites for hydroxylation is 1. The summed E-state index contributed by atoms with van der Waals surface area (Å²) in [6.07, 6.45) is -5.33. The maximum atomic E-state index is 11.7. The normalized spacial score (nSPS) is 14.2. The first-order valence-electron chi connectivity index (χ1n) is 4.26. The molecule has 1 rings (SSSR count). The van der Waals surface area contributed by atoms with Crippen LogP contribution >= 0.6 is 11.3 Å². The van der Waals surface area contributed by atoms with Crippen LogP contribution in [0.15, 0.2) is 11.4 Å². The van der Waals surface area contributed by atoms with Crippen molar-refractivity contribution in [2.24, 2.45) is 0 Å². The van der Waals surface area contributed by atoms with E-state index in [1.165, 1.54) is 11.3 Å². The monoisotopic (exact) mass is 240 g/mol. The summed E-state index contributed by atoms with van der Waals surface area (Å²) >= 11 is 1.43. The first-order chi connectivity index (χ1) is 6.88. The highest BCUT2D eigenvalue weighted by Gasteiger charge is 2.27. The van der Waals surface area contributed by atoms with Crippen LogP contribution in [0.5, 0.6) is 0 Å². The highest BCUT2D eigenvalue weighted by atomic mass is 32.1. The number of thiophene rings is 1. The molecule has 0 aliphatic heterocycles. The third kappa shape index (κ3) is 4.63. The lowest BCUT2D eigenvalue weighted by Crippen LogP contribution is -2.19. The Morgan fingerprint density at radius 2 is 2.20 bits per heavy atom. The van der Waals surface area contributed by atoms with Gasteiger partial charge in [-0.2, -0.15) is 13.2 Å². The highest BCUT2D eigenvalue weighted by Crippen LogP contribution is 2.21. The molecule has 0 saturated heterocycles. The topological polar surface area (TPSA) is 29.5 Å². The molecule has 0 amide bonds. The van der Waals surface area contributed by atoms with E-state index in [4.69, 9.17) is 0 Å². The Morgan fingerprint density at radius 1 is 1.53 bits per heavy atom. The Morgan fingerprint density at radius 3 is 2.67 bits per heavy atom. The first kappa shape index (κ1) is 12.5. The van der Waals surface area contributed by atoms with E-state index >= 15 is 0 Å². The molecule has 1 aromatic rings. The van der Waals surface area contributed by atoms with Crippen molar-refractivity contribution in [3.8, 4) is 0 Å². The number of halogens is 3. The Labute approximate surface area is 89.3 Å². The number of hydrogen-bond acceptors (Lipinski definition) is 3. The molecule has 1 N–H and O–H groups in total. The number of ether oxygens (including phenoxy) is 1. The van der Waals surface area contributed by atoms with Crippen LogP contribution in [0.1, 0.15) is 16.5 Å². The molecule has 0 aliphatic carbocycles. The van der Waals surface area contributed by atoms with Crippen molar-refractivity contribution in [1.82, 2.24) is 0 Å². The molecule has 1 aromatic heterocycles. The van der Waals surface area contributed by atoms with Gasteiger partial charge in [-0.15, -0.1) is 11.3 Å². The summed E-state index contributed by atoms with van der Waals surface area (Å²) in [6, 6.07) is 1.73. The zero-order valence-corrected chi connectivity index (χ0v) is 8.86. The summed E-state index contributed by atoms with van der Waals surface area (Å²) < 4.78 is 39.5. The largest absolute Gasteiger partial charge is 0.411 e. The molecule has 2 nitrogen and oxygen atoms in total. The summed E-state index contributed by atoms with van der Waals surface area (Å²) in [4.78, 5) is 1.000. The minimum Gasteiger partial charge on any atom is -0.386 e. The summed E-state index contributed by atoms with van der Waals surface area (Å²) in [5, 5.41) is 11.2. The minimum atomic E-state index is -4.34. The summed E-state index contributed by atoms with van der Waals surface area (Å²) in [7, 11) is 0. The van der Waals surface area contributed by atoms with Crippen molar-refractivity contribution in [2.45, 2.75) is 19.2 Å². The van der Waals surface area contributed by atoms with Gasteiger partial charge < -0.3 is 9.84 Å². The lowest BCUT2D eigenvalue weighted by atomic mass is 10.2. The minimum absolute atomic E-state index is 0.338. The van der Waals surface area contributed by atoms with Crippen molar-refractivity contribution in [2.75, 3.05) is 13.2 Å². The molecular weight excluding hydrogens is 229 g/mol. The van der Waals surface area contributed by atoms with Crippen molar-refractivity contribution < 1.29 is 23.0 Å². The van der Waals surface area contributed by atoms with Gasteiger partial charge in [0.1, 0.15) is 12.7 Å². The van der Waals surface area contributed by atoms with Gasteiger partial charge in [0, 0.05) is 4.88 Å². The lowest BCUT2D eigenvalue weighted by Gasteiger charge is -2.11. The van der Waals surface area contributed by atoms with Gasteiger partial charge in [0.2, 0.25) is 0 Å². The quantitative estimate of drug-likeness (QED) is 0.876. The van der Waals surface area contributed by atoms with E-state index < -0.39 is 18.9 Å². The third-order valence-corrected chi connectivity index (χ3v) is 2.56. The van der Waals surface area contributed by atoms with Gasteiger partial charge in [-0.3, -0.25) is 0 Å². The molecule has 0 saturated carbocycles. The van der Waals surface area contributed by atoms with Gasteiger partial charge in [0.05, 0.1) is 6.61 Å². The average Bonchev–Trinajstić information content (AvgIpc) is 2.49. The van der Waals surface area contributed by atoms with E-state index in [0.29, 0.717) is 5.56 Å². The second-order valence-electron chi connectivity index (χ2n) is 3.14. The smallest absolute Gasteiger partial charge is 0.386 e. The molecule has 0 bridgehead atoms. The van der Waals surface area contributed by atoms with Gasteiger partial charge in [0.15, 0.2) is 0 Å². The van der Waals surface area contributed by atoms with E-state index in [1.54, 1.807) is 11.4 Å². The van der Waals surface area contributed by atoms with Gasteiger partial charge in [-0.25, -0.2) is 0 Å². The van der Waals surface area contributed by atoms with Gasteiger partial charge in [-0.05, 0) is 23.9 Å². The van der Waals surface area contributed by atoms with Crippen LogP contribution in [-0.4, -0.2) is 24.5 Å². The van der Waals surface area contributed by atoms with Gasteiger partial charge >= 0.3 is 6.18 Å². The van der Waals surface area contributed by atoms with Crippen LogP contribution in [0.25, 0.3) is 0 Å². The Hall–Kier alpha value is -0.590. The number of aliphatic hydroxyl groups is 1. The maximum absolute atomic E-state index is 11.7. The molecule has 0 fully saturated rings. The van der Waals surface area contributed by atoms with Crippen LogP contribution in [0.4, 0.5) is 13.2 Å². The van der Waals surface area contributed by atoms with Crippen LogP contribution < -0.4 is 0 Å². The van der Waals surface area contributed by atoms with Crippen LogP contribution in [-0.2, 0) is 4.74 Å². The van der Waals surface area contributed by atoms with E-state index in [1.807, 2.05) is 6.92 Å². The van der Waals surface area contributed by atoms with E-state index in [2.05, 4.69) is 4.74 Å². The van der Waals surface area contributed by atoms with Crippen LogP contribution in [0.3, 0.4) is 0 Å². The number of rotatable bonds is 4. The Balaban J connectivity index is 2.34. The Kier molecular flexibility index (Phi) is 4.12. The van der Waals surface area contributed by atoms with Crippen LogP contribution in [0, 0.1) is 6.92 Å². The van der Waals surface area contributed by atoms with Gasteiger partial charge in [0.25, 0.3) is 0 Å². The molecule has 0 spiro atoms. The second-order valence-corrected chi connectivity index (χ2v) is 4.25. The molecule has 1 heterocycles. The molecule has 0 radical (unpaired) electrons. The van der Waals surface area contributed by atoms with E-state index in [-0.39, 0.29) is 6.61 Å². The van der Waals surface area contributed by atoms with Gasteiger partial charge in [-0.1, -0.05) is 0 Å². The molecule has 1 unspecified atom stereocenters. The molecular formula is C9H11F3O2S. The summed E-state index contributed by atoms with van der Waals surface area (Å²) in [5.41, 5.74) is 0.597. The Bertz CT molecular complexity index is 309. The molecule has 86 valence electrons. The number of hydrogen-bond donors (Lipinski definition) is 1. The zero-order valence-electron chi connectivity index (χ0n) is 8.04. The molecule has 0 aliphatic rings. The molecule has 6 heteroatoms. The molecule has 0 aromatic carbocycles. The average molecular weight is 240 g/mol. The van der Waals surface area contributed by atoms with E-state index in [0.717, 1.165) is 4.88 Å². The zero-order chi connectivity index (χ0) is 11.5. The number of alkyl halides is 3. The highest BCUT2D eigenvalue weighted by molar-refractivity contribution is 7.10. The standard InChI is InChI=1S/C9H11F3O2S/c1-6-2-7(4-15-6)8(13)3-14-5-9(10,11)12/h2,4,8,13H,3,5H2,1H3. The first-order valence-corrected chi connectivity index (χ1v) is 5.14.